The van der Waals surface area contributed by atoms with Gasteiger partial charge in [-0.05, 0) is 19.1 Å². The summed E-state index contributed by atoms with van der Waals surface area (Å²) < 4.78 is 23.0. The molecule has 0 saturated carbocycles. The fourth-order valence-corrected chi connectivity index (χ4v) is 1.01. The van der Waals surface area contributed by atoms with Crippen molar-refractivity contribution in [1.29, 1.82) is 0 Å². The zero-order valence-electron chi connectivity index (χ0n) is 8.85. The molecule has 1 N–H and O–H groups in total. The molecule has 0 unspecified atom stereocenters. The van der Waals surface area contributed by atoms with Gasteiger partial charge in [-0.25, -0.2) is 9.18 Å². The Hall–Kier alpha value is -1.62. The van der Waals surface area contributed by atoms with Gasteiger partial charge in [0.25, 0.3) is 0 Å². The summed E-state index contributed by atoms with van der Waals surface area (Å²) in [5, 5.41) is 8.52. The molecule has 0 aliphatic carbocycles. The van der Waals surface area contributed by atoms with E-state index in [0.717, 1.165) is 0 Å². The number of rotatable bonds is 6. The highest BCUT2D eigenvalue weighted by Crippen LogP contribution is 2.14. The van der Waals surface area contributed by atoms with Crippen LogP contribution in [0.5, 0.6) is 5.75 Å². The van der Waals surface area contributed by atoms with E-state index in [2.05, 4.69) is 0 Å². The highest BCUT2D eigenvalue weighted by atomic mass is 19.1. The number of hydrogen-bond donors (Lipinski definition) is 1. The van der Waals surface area contributed by atoms with Gasteiger partial charge >= 0.3 is 5.97 Å². The van der Waals surface area contributed by atoms with Crippen molar-refractivity contribution in [1.82, 2.24) is 0 Å². The monoisotopic (exact) mass is 228 g/mol. The van der Waals surface area contributed by atoms with E-state index in [1.807, 2.05) is 0 Å². The van der Waals surface area contributed by atoms with Crippen molar-refractivity contribution in [3.63, 3.8) is 0 Å². The quantitative estimate of drug-likeness (QED) is 0.753. The maximum Gasteiger partial charge on any atom is 0.332 e. The van der Waals surface area contributed by atoms with Crippen LogP contribution in [-0.4, -0.2) is 30.4 Å². The van der Waals surface area contributed by atoms with E-state index in [0.29, 0.717) is 0 Å². The van der Waals surface area contributed by atoms with E-state index < -0.39 is 17.9 Å². The largest absolute Gasteiger partial charge is 0.488 e. The van der Waals surface area contributed by atoms with Gasteiger partial charge in [0.15, 0.2) is 17.7 Å². The predicted molar refractivity (Wildman–Crippen MR) is 54.9 cm³/mol. The molecule has 0 heterocycles. The van der Waals surface area contributed by atoms with Crippen LogP contribution in [0.15, 0.2) is 24.3 Å². The maximum atomic E-state index is 13.0. The standard InChI is InChI=1S/C11H13FO4/c1-8(11(13)14)15-6-7-16-10-5-3-2-4-9(10)12/h2-5,8H,6-7H2,1H3,(H,13,14)/t8-/m0/s1. The third-order valence-corrected chi connectivity index (χ3v) is 1.89. The Morgan fingerprint density at radius 3 is 2.75 bits per heavy atom. The van der Waals surface area contributed by atoms with Gasteiger partial charge in [0.05, 0.1) is 6.61 Å². The first-order chi connectivity index (χ1) is 7.61. The van der Waals surface area contributed by atoms with Crippen LogP contribution in [0.3, 0.4) is 0 Å². The number of ether oxygens (including phenoxy) is 2. The second-order valence-corrected chi connectivity index (χ2v) is 3.13. The van der Waals surface area contributed by atoms with Crippen LogP contribution in [0, 0.1) is 5.82 Å². The second kappa shape index (κ2) is 6.07. The number of para-hydroxylation sites is 1. The summed E-state index contributed by atoms with van der Waals surface area (Å²) >= 11 is 0. The van der Waals surface area contributed by atoms with Gasteiger partial charge in [-0.15, -0.1) is 0 Å². The SMILES string of the molecule is C[C@H](OCCOc1ccccc1F)C(=O)O. The van der Waals surface area contributed by atoms with Gasteiger partial charge in [0, 0.05) is 0 Å². The molecule has 1 atom stereocenters. The number of carboxylic acids is 1. The number of carboxylic acid groups (broad SMARTS) is 1. The molecule has 1 aromatic carbocycles. The minimum atomic E-state index is -1.04. The lowest BCUT2D eigenvalue weighted by atomic mass is 10.3. The first-order valence-corrected chi connectivity index (χ1v) is 4.83. The minimum Gasteiger partial charge on any atom is -0.488 e. The van der Waals surface area contributed by atoms with Crippen LogP contribution in [0.2, 0.25) is 0 Å². The summed E-state index contributed by atoms with van der Waals surface area (Å²) in [4.78, 5) is 10.4. The molecule has 0 radical (unpaired) electrons. The van der Waals surface area contributed by atoms with Crippen LogP contribution in [-0.2, 0) is 9.53 Å². The summed E-state index contributed by atoms with van der Waals surface area (Å²) in [6, 6.07) is 6.00. The van der Waals surface area contributed by atoms with Crippen molar-refractivity contribution in [2.75, 3.05) is 13.2 Å². The molecule has 88 valence electrons. The first kappa shape index (κ1) is 12.4. The molecule has 0 aliphatic rings. The Kier molecular flexibility index (Phi) is 4.72. The van der Waals surface area contributed by atoms with E-state index in [1.165, 1.54) is 19.1 Å². The molecule has 0 aliphatic heterocycles. The highest BCUT2D eigenvalue weighted by Gasteiger charge is 2.10. The zero-order valence-corrected chi connectivity index (χ0v) is 8.85. The van der Waals surface area contributed by atoms with E-state index in [-0.39, 0.29) is 19.0 Å². The maximum absolute atomic E-state index is 13.0. The Labute approximate surface area is 92.6 Å². The summed E-state index contributed by atoms with van der Waals surface area (Å²) in [6.07, 6.45) is -0.885. The Morgan fingerprint density at radius 2 is 2.12 bits per heavy atom. The molecule has 0 aromatic heterocycles. The van der Waals surface area contributed by atoms with Crippen LogP contribution in [0.1, 0.15) is 6.92 Å². The summed E-state index contributed by atoms with van der Waals surface area (Å²) in [7, 11) is 0. The number of carbonyl (C=O) groups is 1. The fourth-order valence-electron chi connectivity index (χ4n) is 1.01. The number of hydrogen-bond acceptors (Lipinski definition) is 3. The molecule has 1 aromatic rings. The van der Waals surface area contributed by atoms with Crippen molar-refractivity contribution >= 4 is 5.97 Å². The molecule has 0 amide bonds. The third-order valence-electron chi connectivity index (χ3n) is 1.89. The Balaban J connectivity index is 2.26. The first-order valence-electron chi connectivity index (χ1n) is 4.83. The third kappa shape index (κ3) is 3.86. The van der Waals surface area contributed by atoms with Crippen LogP contribution in [0.25, 0.3) is 0 Å². The Bertz CT molecular complexity index is 354. The van der Waals surface area contributed by atoms with Crippen molar-refractivity contribution in [3.8, 4) is 5.75 Å². The van der Waals surface area contributed by atoms with Crippen molar-refractivity contribution in [2.24, 2.45) is 0 Å². The van der Waals surface area contributed by atoms with Crippen LogP contribution >= 0.6 is 0 Å². The average Bonchev–Trinajstić information content (AvgIpc) is 2.26. The summed E-state index contributed by atoms with van der Waals surface area (Å²) in [5.41, 5.74) is 0. The lowest BCUT2D eigenvalue weighted by Crippen LogP contribution is -2.22. The van der Waals surface area contributed by atoms with Gasteiger partial charge in [0.1, 0.15) is 6.61 Å². The molecule has 16 heavy (non-hydrogen) atoms. The van der Waals surface area contributed by atoms with Gasteiger partial charge in [-0.2, -0.15) is 0 Å². The molecular weight excluding hydrogens is 215 g/mol. The topological polar surface area (TPSA) is 55.8 Å². The normalized spacial score (nSPS) is 12.1. The molecule has 1 rings (SSSR count). The zero-order chi connectivity index (χ0) is 12.0. The van der Waals surface area contributed by atoms with Crippen molar-refractivity contribution in [3.05, 3.63) is 30.1 Å². The summed E-state index contributed by atoms with van der Waals surface area (Å²) in [6.45, 7) is 1.63. The molecule has 4 nitrogen and oxygen atoms in total. The number of benzene rings is 1. The molecular formula is C11H13FO4. The number of aliphatic carboxylic acids is 1. The lowest BCUT2D eigenvalue weighted by molar-refractivity contribution is -0.149. The van der Waals surface area contributed by atoms with Crippen LogP contribution in [0.4, 0.5) is 4.39 Å². The van der Waals surface area contributed by atoms with Gasteiger partial charge in [-0.3, -0.25) is 0 Å². The van der Waals surface area contributed by atoms with Crippen molar-refractivity contribution < 1.29 is 23.8 Å². The van der Waals surface area contributed by atoms with E-state index in [4.69, 9.17) is 14.6 Å². The van der Waals surface area contributed by atoms with Crippen molar-refractivity contribution in [2.45, 2.75) is 13.0 Å². The van der Waals surface area contributed by atoms with E-state index in [1.54, 1.807) is 12.1 Å². The molecule has 0 spiro atoms. The Morgan fingerprint density at radius 1 is 1.44 bits per heavy atom. The number of halogens is 1. The molecule has 0 bridgehead atoms. The molecule has 5 heteroatoms. The lowest BCUT2D eigenvalue weighted by Gasteiger charge is -2.09. The van der Waals surface area contributed by atoms with E-state index >= 15 is 0 Å². The fraction of sp³-hybridized carbons (Fsp3) is 0.364. The minimum absolute atomic E-state index is 0.0990. The van der Waals surface area contributed by atoms with Gasteiger partial charge in [0.2, 0.25) is 0 Å². The highest BCUT2D eigenvalue weighted by molar-refractivity contribution is 5.71. The van der Waals surface area contributed by atoms with Crippen LogP contribution < -0.4 is 4.74 Å². The summed E-state index contributed by atoms with van der Waals surface area (Å²) in [5.74, 6) is -1.35. The predicted octanol–water partition coefficient (Wildman–Crippen LogP) is 1.69. The van der Waals surface area contributed by atoms with Gasteiger partial charge in [-0.1, -0.05) is 12.1 Å². The second-order valence-electron chi connectivity index (χ2n) is 3.13. The molecule has 0 fully saturated rings. The molecule has 0 saturated heterocycles. The average molecular weight is 228 g/mol. The van der Waals surface area contributed by atoms with Gasteiger partial charge < -0.3 is 14.6 Å². The van der Waals surface area contributed by atoms with E-state index in [9.17, 15) is 9.18 Å². The smallest absolute Gasteiger partial charge is 0.332 e.